The number of benzene rings is 1. The second-order valence-corrected chi connectivity index (χ2v) is 5.85. The number of carboxylic acid groups (broad SMARTS) is 1. The molecule has 0 spiro atoms. The zero-order chi connectivity index (χ0) is 13.8. The van der Waals surface area contributed by atoms with E-state index in [0.717, 1.165) is 11.3 Å². The highest BCUT2D eigenvalue weighted by atomic mass is 32.2. The van der Waals surface area contributed by atoms with Crippen LogP contribution < -0.4 is 5.32 Å². The van der Waals surface area contributed by atoms with Gasteiger partial charge in [-0.15, -0.1) is 11.8 Å². The van der Waals surface area contributed by atoms with Crippen LogP contribution in [0.3, 0.4) is 0 Å². The summed E-state index contributed by atoms with van der Waals surface area (Å²) in [6.07, 6.45) is 1.24. The van der Waals surface area contributed by atoms with Crippen LogP contribution in [0.1, 0.15) is 18.9 Å². The number of aliphatic carboxylic acids is 1. The van der Waals surface area contributed by atoms with Crippen LogP contribution in [0.15, 0.2) is 29.2 Å². The van der Waals surface area contributed by atoms with Crippen LogP contribution in [-0.4, -0.2) is 28.8 Å². The predicted molar refractivity (Wildman–Crippen MR) is 74.2 cm³/mol. The predicted octanol–water partition coefficient (Wildman–Crippen LogP) is 1.93. The maximum atomic E-state index is 12.0. The maximum Gasteiger partial charge on any atom is 0.308 e. The Bertz CT molecular complexity index is 464. The molecule has 0 fully saturated rings. The molecule has 0 radical (unpaired) electrons. The fourth-order valence-electron chi connectivity index (χ4n) is 2.07. The fourth-order valence-corrected chi connectivity index (χ4v) is 3.29. The second kappa shape index (κ2) is 6.10. The van der Waals surface area contributed by atoms with Gasteiger partial charge >= 0.3 is 5.97 Å². The minimum Gasteiger partial charge on any atom is -0.481 e. The normalized spacial score (nSPS) is 18.7. The lowest BCUT2D eigenvalue weighted by Gasteiger charge is -2.13. The Morgan fingerprint density at radius 1 is 1.47 bits per heavy atom. The first-order valence-corrected chi connectivity index (χ1v) is 7.24. The van der Waals surface area contributed by atoms with E-state index in [2.05, 4.69) is 5.32 Å². The fraction of sp³-hybridized carbons (Fsp3) is 0.429. The molecule has 1 aliphatic rings. The SMILES string of the molecule is CCC(CNC(=O)C1Cc2ccccc2S1)C(=O)O. The third kappa shape index (κ3) is 3.29. The van der Waals surface area contributed by atoms with Gasteiger partial charge in [0.1, 0.15) is 0 Å². The topological polar surface area (TPSA) is 66.4 Å². The van der Waals surface area contributed by atoms with E-state index in [1.807, 2.05) is 31.2 Å². The minimum absolute atomic E-state index is 0.0686. The zero-order valence-corrected chi connectivity index (χ0v) is 11.6. The summed E-state index contributed by atoms with van der Waals surface area (Å²) in [5.41, 5.74) is 1.19. The van der Waals surface area contributed by atoms with Crippen LogP contribution in [0.5, 0.6) is 0 Å². The van der Waals surface area contributed by atoms with Crippen LogP contribution in [0.4, 0.5) is 0 Å². The van der Waals surface area contributed by atoms with Gasteiger partial charge in [-0.2, -0.15) is 0 Å². The van der Waals surface area contributed by atoms with Gasteiger partial charge in [0.2, 0.25) is 5.91 Å². The van der Waals surface area contributed by atoms with Gasteiger partial charge in [0.25, 0.3) is 0 Å². The average molecular weight is 279 g/mol. The highest BCUT2D eigenvalue weighted by Crippen LogP contribution is 2.36. The third-order valence-corrected chi connectivity index (χ3v) is 4.62. The van der Waals surface area contributed by atoms with Gasteiger partial charge in [0.05, 0.1) is 11.2 Å². The molecule has 2 N–H and O–H groups in total. The average Bonchev–Trinajstić information content (AvgIpc) is 2.82. The molecular weight excluding hydrogens is 262 g/mol. The van der Waals surface area contributed by atoms with E-state index in [9.17, 15) is 9.59 Å². The zero-order valence-electron chi connectivity index (χ0n) is 10.8. The van der Waals surface area contributed by atoms with Crippen molar-refractivity contribution in [2.45, 2.75) is 29.9 Å². The third-order valence-electron chi connectivity index (χ3n) is 3.30. The summed E-state index contributed by atoms with van der Waals surface area (Å²) in [5.74, 6) is -1.43. The van der Waals surface area contributed by atoms with Crippen molar-refractivity contribution in [3.8, 4) is 0 Å². The molecule has 1 aromatic carbocycles. The lowest BCUT2D eigenvalue weighted by Crippen LogP contribution is -2.37. The van der Waals surface area contributed by atoms with E-state index < -0.39 is 11.9 Å². The smallest absolute Gasteiger partial charge is 0.308 e. The monoisotopic (exact) mass is 279 g/mol. The Morgan fingerprint density at radius 3 is 2.84 bits per heavy atom. The first-order chi connectivity index (χ1) is 9.11. The molecule has 1 amide bonds. The van der Waals surface area contributed by atoms with Crippen molar-refractivity contribution in [3.63, 3.8) is 0 Å². The van der Waals surface area contributed by atoms with Gasteiger partial charge in [-0.05, 0) is 24.5 Å². The largest absolute Gasteiger partial charge is 0.481 e. The van der Waals surface area contributed by atoms with E-state index in [4.69, 9.17) is 5.11 Å². The molecule has 4 nitrogen and oxygen atoms in total. The summed E-state index contributed by atoms with van der Waals surface area (Å²) in [6.45, 7) is 2.02. The van der Waals surface area contributed by atoms with Crippen molar-refractivity contribution in [1.82, 2.24) is 5.32 Å². The molecule has 2 atom stereocenters. The summed E-state index contributed by atoms with van der Waals surface area (Å²) in [6, 6.07) is 7.97. The minimum atomic E-state index is -0.856. The molecule has 5 heteroatoms. The van der Waals surface area contributed by atoms with Crippen molar-refractivity contribution in [1.29, 1.82) is 0 Å². The second-order valence-electron chi connectivity index (χ2n) is 4.61. The number of hydrogen-bond acceptors (Lipinski definition) is 3. The maximum absolute atomic E-state index is 12.0. The number of carbonyl (C=O) groups excluding carboxylic acids is 1. The molecule has 102 valence electrons. The Hall–Kier alpha value is -1.49. The van der Waals surface area contributed by atoms with Crippen LogP contribution in [0.2, 0.25) is 0 Å². The van der Waals surface area contributed by atoms with Gasteiger partial charge in [0, 0.05) is 11.4 Å². The van der Waals surface area contributed by atoms with E-state index in [-0.39, 0.29) is 17.7 Å². The molecule has 1 aromatic rings. The van der Waals surface area contributed by atoms with Crippen LogP contribution in [0, 0.1) is 5.92 Å². The van der Waals surface area contributed by atoms with Gasteiger partial charge in [-0.3, -0.25) is 9.59 Å². The van der Waals surface area contributed by atoms with Crippen molar-refractivity contribution in [2.75, 3.05) is 6.54 Å². The van der Waals surface area contributed by atoms with E-state index in [0.29, 0.717) is 6.42 Å². The molecule has 2 rings (SSSR count). The lowest BCUT2D eigenvalue weighted by atomic mass is 10.1. The Morgan fingerprint density at radius 2 is 2.21 bits per heavy atom. The quantitative estimate of drug-likeness (QED) is 0.864. The molecule has 0 bridgehead atoms. The summed E-state index contributed by atoms with van der Waals surface area (Å²) in [4.78, 5) is 24.1. The Kier molecular flexibility index (Phi) is 4.47. The molecule has 19 heavy (non-hydrogen) atoms. The summed E-state index contributed by atoms with van der Waals surface area (Å²) >= 11 is 1.55. The molecule has 0 aliphatic carbocycles. The van der Waals surface area contributed by atoms with Crippen LogP contribution in [-0.2, 0) is 16.0 Å². The first-order valence-electron chi connectivity index (χ1n) is 6.37. The standard InChI is InChI=1S/C14H17NO3S/c1-2-9(14(17)18)8-15-13(16)12-7-10-5-3-4-6-11(10)19-12/h3-6,9,12H,2,7-8H2,1H3,(H,15,16)(H,17,18). The van der Waals surface area contributed by atoms with Crippen molar-refractivity contribution in [3.05, 3.63) is 29.8 Å². The summed E-state index contributed by atoms with van der Waals surface area (Å²) in [7, 11) is 0. The van der Waals surface area contributed by atoms with Crippen LogP contribution in [0.25, 0.3) is 0 Å². The first kappa shape index (κ1) is 13.9. The molecule has 0 saturated carbocycles. The Balaban J connectivity index is 1.88. The van der Waals surface area contributed by atoms with Gasteiger partial charge in [-0.25, -0.2) is 0 Å². The van der Waals surface area contributed by atoms with Gasteiger partial charge < -0.3 is 10.4 Å². The molecule has 0 saturated heterocycles. The van der Waals surface area contributed by atoms with Crippen molar-refractivity contribution >= 4 is 23.6 Å². The van der Waals surface area contributed by atoms with E-state index >= 15 is 0 Å². The Labute approximate surface area is 116 Å². The molecule has 2 unspecified atom stereocenters. The molecular formula is C14H17NO3S. The number of hydrogen-bond donors (Lipinski definition) is 2. The highest BCUT2D eigenvalue weighted by Gasteiger charge is 2.28. The number of fused-ring (bicyclic) bond motifs is 1. The van der Waals surface area contributed by atoms with E-state index in [1.54, 1.807) is 11.8 Å². The van der Waals surface area contributed by atoms with Crippen molar-refractivity contribution in [2.24, 2.45) is 5.92 Å². The summed E-state index contributed by atoms with van der Waals surface area (Å²) < 4.78 is 0. The van der Waals surface area contributed by atoms with Gasteiger partial charge in [-0.1, -0.05) is 25.1 Å². The van der Waals surface area contributed by atoms with Crippen LogP contribution >= 0.6 is 11.8 Å². The van der Waals surface area contributed by atoms with Gasteiger partial charge in [0.15, 0.2) is 0 Å². The van der Waals surface area contributed by atoms with Crippen molar-refractivity contribution < 1.29 is 14.7 Å². The molecule has 1 aliphatic heterocycles. The highest BCUT2D eigenvalue weighted by molar-refractivity contribution is 8.01. The molecule has 1 heterocycles. The number of nitrogens with one attached hydrogen (secondary N) is 1. The number of thioether (sulfide) groups is 1. The summed E-state index contributed by atoms with van der Waals surface area (Å²) in [5, 5.41) is 11.6. The number of rotatable bonds is 5. The number of carboxylic acids is 1. The molecule has 0 aromatic heterocycles. The van der Waals surface area contributed by atoms with E-state index in [1.165, 1.54) is 5.56 Å². The number of amides is 1. The number of carbonyl (C=O) groups is 2. The lowest BCUT2D eigenvalue weighted by molar-refractivity contribution is -0.141.